The molecule has 0 radical (unpaired) electrons. The summed E-state index contributed by atoms with van der Waals surface area (Å²) in [5.41, 5.74) is 1.43. The molecule has 0 aliphatic heterocycles. The standard InChI is InChI=1S/C15H20O2S/c1-15(2,3)11-6-8-12(9-7-11)18-13(14(16)17)10-4-5-10/h6-10,13H,4-5H2,1-3H3,(H,16,17). The van der Waals surface area contributed by atoms with Gasteiger partial charge in [-0.3, -0.25) is 4.79 Å². The van der Waals surface area contributed by atoms with Gasteiger partial charge in [-0.2, -0.15) is 0 Å². The molecule has 1 fully saturated rings. The van der Waals surface area contributed by atoms with Gasteiger partial charge in [0.05, 0.1) is 0 Å². The second-order valence-electron chi connectivity index (χ2n) is 5.99. The maximum absolute atomic E-state index is 11.2. The molecule has 1 aromatic carbocycles. The molecule has 0 aromatic heterocycles. The molecular formula is C15H20O2S. The summed E-state index contributed by atoms with van der Waals surface area (Å²) in [5, 5.41) is 8.94. The van der Waals surface area contributed by atoms with Gasteiger partial charge in [0, 0.05) is 4.90 Å². The Morgan fingerprint density at radius 2 is 1.83 bits per heavy atom. The van der Waals surface area contributed by atoms with Gasteiger partial charge >= 0.3 is 5.97 Å². The molecule has 18 heavy (non-hydrogen) atoms. The van der Waals surface area contributed by atoms with Crippen LogP contribution in [0.3, 0.4) is 0 Å². The topological polar surface area (TPSA) is 37.3 Å². The van der Waals surface area contributed by atoms with E-state index >= 15 is 0 Å². The Morgan fingerprint density at radius 3 is 2.22 bits per heavy atom. The van der Waals surface area contributed by atoms with Crippen LogP contribution in [-0.2, 0) is 10.2 Å². The minimum absolute atomic E-state index is 0.145. The molecule has 1 unspecified atom stereocenters. The van der Waals surface area contributed by atoms with E-state index in [1.807, 2.05) is 12.1 Å². The zero-order valence-corrected chi connectivity index (χ0v) is 12.0. The van der Waals surface area contributed by atoms with Crippen LogP contribution in [0, 0.1) is 5.92 Å². The number of hydrogen-bond acceptors (Lipinski definition) is 2. The van der Waals surface area contributed by atoms with Gasteiger partial charge in [-0.1, -0.05) is 32.9 Å². The van der Waals surface area contributed by atoms with Crippen LogP contribution in [0.5, 0.6) is 0 Å². The molecule has 1 atom stereocenters. The molecule has 0 amide bonds. The molecule has 98 valence electrons. The van der Waals surface area contributed by atoms with Crippen LogP contribution in [0.2, 0.25) is 0 Å². The van der Waals surface area contributed by atoms with E-state index in [4.69, 9.17) is 0 Å². The molecule has 1 saturated carbocycles. The van der Waals surface area contributed by atoms with Gasteiger partial charge in [0.2, 0.25) is 0 Å². The smallest absolute Gasteiger partial charge is 0.317 e. The minimum atomic E-state index is -0.678. The highest BCUT2D eigenvalue weighted by atomic mass is 32.2. The van der Waals surface area contributed by atoms with Crippen LogP contribution in [0.1, 0.15) is 39.2 Å². The molecule has 3 heteroatoms. The van der Waals surface area contributed by atoms with E-state index in [-0.39, 0.29) is 10.7 Å². The quantitative estimate of drug-likeness (QED) is 0.837. The van der Waals surface area contributed by atoms with Gasteiger partial charge in [-0.05, 0) is 41.9 Å². The average Bonchev–Trinajstić information content (AvgIpc) is 3.08. The second kappa shape index (κ2) is 4.96. The van der Waals surface area contributed by atoms with E-state index in [1.54, 1.807) is 0 Å². The monoisotopic (exact) mass is 264 g/mol. The Balaban J connectivity index is 2.07. The summed E-state index contributed by atoms with van der Waals surface area (Å²) in [6.07, 6.45) is 2.12. The predicted molar refractivity (Wildman–Crippen MR) is 75.1 cm³/mol. The summed E-state index contributed by atoms with van der Waals surface area (Å²) in [6.45, 7) is 6.54. The number of carbonyl (C=O) groups is 1. The van der Waals surface area contributed by atoms with Crippen molar-refractivity contribution in [2.24, 2.45) is 5.92 Å². The minimum Gasteiger partial charge on any atom is -0.480 e. The lowest BCUT2D eigenvalue weighted by Crippen LogP contribution is -2.18. The van der Waals surface area contributed by atoms with Crippen molar-refractivity contribution >= 4 is 17.7 Å². The number of carboxylic acid groups (broad SMARTS) is 1. The molecule has 0 heterocycles. The van der Waals surface area contributed by atoms with Gasteiger partial charge in [0.1, 0.15) is 5.25 Å². The third-order valence-corrected chi connectivity index (χ3v) is 4.66. The fraction of sp³-hybridized carbons (Fsp3) is 0.533. The summed E-state index contributed by atoms with van der Waals surface area (Å²) >= 11 is 1.49. The summed E-state index contributed by atoms with van der Waals surface area (Å²) < 4.78 is 0. The summed E-state index contributed by atoms with van der Waals surface area (Å²) in [4.78, 5) is 12.2. The van der Waals surface area contributed by atoms with Crippen LogP contribution in [-0.4, -0.2) is 16.3 Å². The van der Waals surface area contributed by atoms with E-state index in [0.29, 0.717) is 5.92 Å². The summed E-state index contributed by atoms with van der Waals surface area (Å²) in [7, 11) is 0. The molecule has 0 bridgehead atoms. The number of benzene rings is 1. The summed E-state index contributed by atoms with van der Waals surface area (Å²) in [6, 6.07) is 8.30. The molecule has 2 nitrogen and oxygen atoms in total. The van der Waals surface area contributed by atoms with Gasteiger partial charge in [-0.25, -0.2) is 0 Å². The van der Waals surface area contributed by atoms with Crippen molar-refractivity contribution in [3.8, 4) is 0 Å². The van der Waals surface area contributed by atoms with Crippen LogP contribution >= 0.6 is 11.8 Å². The summed E-state index contributed by atoms with van der Waals surface area (Å²) in [5.74, 6) is -0.308. The van der Waals surface area contributed by atoms with E-state index in [0.717, 1.165) is 17.7 Å². The maximum Gasteiger partial charge on any atom is 0.317 e. The molecular weight excluding hydrogens is 244 g/mol. The van der Waals surface area contributed by atoms with Crippen LogP contribution in [0.25, 0.3) is 0 Å². The Kier molecular flexibility index (Phi) is 3.71. The first-order valence-corrected chi connectivity index (χ1v) is 7.26. The highest BCUT2D eigenvalue weighted by molar-refractivity contribution is 8.00. The van der Waals surface area contributed by atoms with Crippen molar-refractivity contribution in [3.63, 3.8) is 0 Å². The Labute approximate surface area is 113 Å². The third kappa shape index (κ3) is 3.29. The number of aliphatic carboxylic acids is 1. The van der Waals surface area contributed by atoms with Gasteiger partial charge in [-0.15, -0.1) is 11.8 Å². The van der Waals surface area contributed by atoms with Crippen molar-refractivity contribution in [1.82, 2.24) is 0 Å². The normalized spacial score (nSPS) is 17.5. The SMILES string of the molecule is CC(C)(C)c1ccc(SC(C(=O)O)C2CC2)cc1. The highest BCUT2D eigenvalue weighted by Crippen LogP contribution is 2.42. The van der Waals surface area contributed by atoms with Crippen LogP contribution in [0.4, 0.5) is 0 Å². The van der Waals surface area contributed by atoms with E-state index in [1.165, 1.54) is 17.3 Å². The van der Waals surface area contributed by atoms with Crippen molar-refractivity contribution in [3.05, 3.63) is 29.8 Å². The lowest BCUT2D eigenvalue weighted by molar-refractivity contribution is -0.136. The lowest BCUT2D eigenvalue weighted by Gasteiger charge is -2.19. The van der Waals surface area contributed by atoms with Crippen LogP contribution < -0.4 is 0 Å². The van der Waals surface area contributed by atoms with E-state index < -0.39 is 5.97 Å². The van der Waals surface area contributed by atoms with E-state index in [9.17, 15) is 9.90 Å². The average molecular weight is 264 g/mol. The van der Waals surface area contributed by atoms with Crippen molar-refractivity contribution in [2.75, 3.05) is 0 Å². The van der Waals surface area contributed by atoms with E-state index in [2.05, 4.69) is 32.9 Å². The molecule has 2 rings (SSSR count). The first-order valence-electron chi connectivity index (χ1n) is 6.38. The molecule has 1 N–H and O–H groups in total. The second-order valence-corrected chi connectivity index (χ2v) is 7.20. The molecule has 1 aliphatic rings. The predicted octanol–water partition coefficient (Wildman–Crippen LogP) is 3.94. The fourth-order valence-corrected chi connectivity index (χ4v) is 3.08. The number of rotatable bonds is 4. The third-order valence-electron chi connectivity index (χ3n) is 3.28. The van der Waals surface area contributed by atoms with Crippen molar-refractivity contribution < 1.29 is 9.90 Å². The molecule has 1 aromatic rings. The lowest BCUT2D eigenvalue weighted by atomic mass is 9.87. The first kappa shape index (κ1) is 13.5. The van der Waals surface area contributed by atoms with Gasteiger partial charge in [0.25, 0.3) is 0 Å². The van der Waals surface area contributed by atoms with Crippen molar-refractivity contribution in [2.45, 2.75) is 49.2 Å². The Morgan fingerprint density at radius 1 is 1.28 bits per heavy atom. The molecule has 1 aliphatic carbocycles. The van der Waals surface area contributed by atoms with Crippen molar-refractivity contribution in [1.29, 1.82) is 0 Å². The fourth-order valence-electron chi connectivity index (χ4n) is 1.93. The largest absolute Gasteiger partial charge is 0.480 e. The Bertz CT molecular complexity index is 427. The van der Waals surface area contributed by atoms with Crippen LogP contribution in [0.15, 0.2) is 29.2 Å². The number of hydrogen-bond donors (Lipinski definition) is 1. The highest BCUT2D eigenvalue weighted by Gasteiger charge is 2.36. The zero-order valence-electron chi connectivity index (χ0n) is 11.1. The number of carboxylic acids is 1. The maximum atomic E-state index is 11.2. The Hall–Kier alpha value is -0.960. The number of thioether (sulfide) groups is 1. The van der Waals surface area contributed by atoms with Gasteiger partial charge in [0.15, 0.2) is 0 Å². The first-order chi connectivity index (χ1) is 8.38. The molecule has 0 saturated heterocycles. The molecule has 0 spiro atoms. The van der Waals surface area contributed by atoms with Gasteiger partial charge < -0.3 is 5.11 Å². The zero-order chi connectivity index (χ0) is 13.3.